The van der Waals surface area contributed by atoms with E-state index >= 15 is 0 Å². The Morgan fingerprint density at radius 3 is 2.66 bits per heavy atom. The number of pyridine rings is 1. The molecule has 0 amide bonds. The fourth-order valence-electron chi connectivity index (χ4n) is 3.53. The van der Waals surface area contributed by atoms with Gasteiger partial charge in [0.15, 0.2) is 6.19 Å². The van der Waals surface area contributed by atoms with Gasteiger partial charge < -0.3 is 21.5 Å². The minimum absolute atomic E-state index is 0.00574. The van der Waals surface area contributed by atoms with Crippen LogP contribution in [-0.2, 0) is 6.42 Å². The van der Waals surface area contributed by atoms with Crippen LogP contribution in [0, 0.1) is 22.8 Å². The van der Waals surface area contributed by atoms with E-state index in [0.29, 0.717) is 23.7 Å². The van der Waals surface area contributed by atoms with Gasteiger partial charge in [-0.25, -0.2) is 9.98 Å². The molecule has 0 fully saturated rings. The lowest BCUT2D eigenvalue weighted by Crippen LogP contribution is -2.32. The lowest BCUT2D eigenvalue weighted by atomic mass is 9.95. The molecule has 1 aliphatic heterocycles. The Balaban J connectivity index is 1.66. The Bertz CT molecular complexity index is 1260. The quantitative estimate of drug-likeness (QED) is 0.359. The van der Waals surface area contributed by atoms with Crippen LogP contribution in [0.3, 0.4) is 0 Å². The first-order valence-corrected chi connectivity index (χ1v) is 9.86. The summed E-state index contributed by atoms with van der Waals surface area (Å²) in [6.07, 6.45) is 2.61. The molecule has 2 heterocycles. The predicted molar refractivity (Wildman–Crippen MR) is 122 cm³/mol. The van der Waals surface area contributed by atoms with E-state index in [2.05, 4.69) is 32.7 Å². The molecular formula is C23H20N8O. The predicted octanol–water partition coefficient (Wildman–Crippen LogP) is 2.68. The Morgan fingerprint density at radius 1 is 1.09 bits per heavy atom. The number of nitrogen functional groups attached to an aromatic ring is 2. The third-order valence-corrected chi connectivity index (χ3v) is 5.03. The smallest absolute Gasteiger partial charge is 0.211 e. The van der Waals surface area contributed by atoms with Gasteiger partial charge in [-0.1, -0.05) is 42.5 Å². The summed E-state index contributed by atoms with van der Waals surface area (Å²) in [5.74, 6) is 1.22. The highest BCUT2D eigenvalue weighted by Gasteiger charge is 2.29. The molecule has 0 spiro atoms. The van der Waals surface area contributed by atoms with Gasteiger partial charge in [-0.05, 0) is 23.3 Å². The van der Waals surface area contributed by atoms with Crippen molar-refractivity contribution < 1.29 is 4.74 Å². The molecule has 4 rings (SSSR count). The van der Waals surface area contributed by atoms with Crippen LogP contribution in [0.25, 0.3) is 0 Å². The number of anilines is 3. The summed E-state index contributed by atoms with van der Waals surface area (Å²) in [6, 6.07) is 18.9. The highest BCUT2D eigenvalue weighted by molar-refractivity contribution is 5.98. The molecule has 1 aliphatic rings. The van der Waals surface area contributed by atoms with E-state index in [1.807, 2.05) is 54.7 Å². The van der Waals surface area contributed by atoms with Crippen molar-refractivity contribution in [3.05, 3.63) is 76.9 Å². The maximum atomic E-state index is 9.45. The molecule has 1 aromatic heterocycles. The number of nitriles is 2. The average molecular weight is 424 g/mol. The second kappa shape index (κ2) is 8.94. The van der Waals surface area contributed by atoms with E-state index in [4.69, 9.17) is 21.5 Å². The second-order valence-corrected chi connectivity index (χ2v) is 7.06. The lowest BCUT2D eigenvalue weighted by Gasteiger charge is -2.26. The van der Waals surface area contributed by atoms with E-state index in [1.165, 1.54) is 5.56 Å². The van der Waals surface area contributed by atoms with Gasteiger partial charge in [-0.15, -0.1) is 0 Å². The van der Waals surface area contributed by atoms with Crippen molar-refractivity contribution in [3.63, 3.8) is 0 Å². The Morgan fingerprint density at radius 2 is 1.91 bits per heavy atom. The van der Waals surface area contributed by atoms with Crippen molar-refractivity contribution >= 4 is 23.3 Å². The molecule has 1 atom stereocenters. The molecule has 1 unspecified atom stereocenters. The van der Waals surface area contributed by atoms with Gasteiger partial charge in [0.25, 0.3) is 0 Å². The molecule has 0 saturated heterocycles. The average Bonchev–Trinajstić information content (AvgIpc) is 2.80. The standard InChI is InChI=1S/C23H20N8O/c24-12-17-19(26)18-20(29-23(28-13-25)31-22(18)30-21(17)27)15-7-4-8-16(11-15)32-10-9-14-5-2-1-3-6-14/h1-8,11,20H,9-10H2,(H6,26,27,28,29,30,31). The Labute approximate surface area is 185 Å². The zero-order valence-electron chi connectivity index (χ0n) is 17.0. The number of rotatable bonds is 5. The van der Waals surface area contributed by atoms with Crippen LogP contribution in [0.5, 0.6) is 5.75 Å². The highest BCUT2D eigenvalue weighted by Crippen LogP contribution is 2.41. The van der Waals surface area contributed by atoms with Crippen LogP contribution < -0.4 is 26.8 Å². The van der Waals surface area contributed by atoms with E-state index in [0.717, 1.165) is 12.0 Å². The number of aromatic nitrogens is 1. The molecule has 3 aromatic rings. The third-order valence-electron chi connectivity index (χ3n) is 5.03. The maximum Gasteiger partial charge on any atom is 0.211 e. The van der Waals surface area contributed by atoms with Crippen LogP contribution >= 0.6 is 0 Å². The molecule has 0 saturated carbocycles. The summed E-state index contributed by atoms with van der Waals surface area (Å²) in [4.78, 5) is 8.83. The number of ether oxygens (including phenoxy) is 1. The molecule has 158 valence electrons. The van der Waals surface area contributed by atoms with Gasteiger partial charge in [-0.2, -0.15) is 10.5 Å². The second-order valence-electron chi connectivity index (χ2n) is 7.06. The number of hydrogen-bond acceptors (Lipinski definition) is 9. The van der Waals surface area contributed by atoms with Gasteiger partial charge >= 0.3 is 0 Å². The molecule has 2 aromatic carbocycles. The maximum absolute atomic E-state index is 9.45. The van der Waals surface area contributed by atoms with E-state index < -0.39 is 6.04 Å². The third kappa shape index (κ3) is 4.09. The molecular weight excluding hydrogens is 404 g/mol. The largest absolute Gasteiger partial charge is 0.493 e. The van der Waals surface area contributed by atoms with Crippen LogP contribution in [0.1, 0.15) is 28.3 Å². The molecule has 0 aliphatic carbocycles. The summed E-state index contributed by atoms with van der Waals surface area (Å²) in [5.41, 5.74) is 14.9. The zero-order valence-corrected chi connectivity index (χ0v) is 17.0. The number of guanidine groups is 1. The molecule has 9 nitrogen and oxygen atoms in total. The number of nitrogens with one attached hydrogen (secondary N) is 2. The topological polar surface area (TPSA) is 158 Å². The van der Waals surface area contributed by atoms with Gasteiger partial charge in [0, 0.05) is 12.0 Å². The molecule has 32 heavy (non-hydrogen) atoms. The van der Waals surface area contributed by atoms with Crippen LogP contribution in [0.2, 0.25) is 0 Å². The number of hydrogen-bond donors (Lipinski definition) is 4. The minimum atomic E-state index is -0.611. The zero-order chi connectivity index (χ0) is 22.5. The first-order valence-electron chi connectivity index (χ1n) is 9.86. The highest BCUT2D eigenvalue weighted by atomic mass is 16.5. The number of nitrogens with zero attached hydrogens (tertiary/aromatic N) is 4. The van der Waals surface area contributed by atoms with E-state index in [-0.39, 0.29) is 23.0 Å². The minimum Gasteiger partial charge on any atom is -0.493 e. The normalized spacial score (nSPS) is 14.2. The molecule has 9 heteroatoms. The van der Waals surface area contributed by atoms with Gasteiger partial charge in [0.05, 0.1) is 12.3 Å². The van der Waals surface area contributed by atoms with Gasteiger partial charge in [0.2, 0.25) is 5.96 Å². The first-order chi connectivity index (χ1) is 15.6. The summed E-state index contributed by atoms with van der Waals surface area (Å²) >= 11 is 0. The SMILES string of the molecule is N#CNC1=NC(c2cccc(OCCc3ccccc3)c2)c2c(nc(N)c(C#N)c2N)N1. The first kappa shape index (κ1) is 20.5. The fraction of sp³-hybridized carbons (Fsp3) is 0.130. The Kier molecular flexibility index (Phi) is 5.73. The summed E-state index contributed by atoms with van der Waals surface area (Å²) in [6.45, 7) is 0.513. The van der Waals surface area contributed by atoms with Crippen LogP contribution in [-0.4, -0.2) is 17.6 Å². The van der Waals surface area contributed by atoms with Crippen molar-refractivity contribution in [1.29, 1.82) is 10.5 Å². The lowest BCUT2D eigenvalue weighted by molar-refractivity contribution is 0.321. The summed E-state index contributed by atoms with van der Waals surface area (Å²) in [7, 11) is 0. The van der Waals surface area contributed by atoms with Crippen molar-refractivity contribution in [2.45, 2.75) is 12.5 Å². The van der Waals surface area contributed by atoms with E-state index in [1.54, 1.807) is 0 Å². The Hall–Kier alpha value is -4.76. The van der Waals surface area contributed by atoms with E-state index in [9.17, 15) is 5.26 Å². The molecule has 6 N–H and O–H groups in total. The van der Waals surface area contributed by atoms with Crippen molar-refractivity contribution in [1.82, 2.24) is 10.3 Å². The van der Waals surface area contributed by atoms with Gasteiger partial charge in [0.1, 0.15) is 35.1 Å². The molecule has 0 radical (unpaired) electrons. The van der Waals surface area contributed by atoms with Crippen molar-refractivity contribution in [3.8, 4) is 18.0 Å². The monoisotopic (exact) mass is 424 g/mol. The molecule has 0 bridgehead atoms. The van der Waals surface area contributed by atoms with Crippen molar-refractivity contribution in [2.24, 2.45) is 4.99 Å². The summed E-state index contributed by atoms with van der Waals surface area (Å²) < 4.78 is 5.95. The number of benzene rings is 2. The number of nitrogens with two attached hydrogens (primary N) is 2. The fourth-order valence-corrected chi connectivity index (χ4v) is 3.53. The number of aliphatic imine (C=N–C) groups is 1. The number of fused-ring (bicyclic) bond motifs is 1. The van der Waals surface area contributed by atoms with Crippen LogP contribution in [0.15, 0.2) is 59.6 Å². The van der Waals surface area contributed by atoms with Crippen LogP contribution in [0.4, 0.5) is 17.3 Å². The summed E-state index contributed by atoms with van der Waals surface area (Å²) in [5, 5.41) is 23.9. The van der Waals surface area contributed by atoms with Gasteiger partial charge in [-0.3, -0.25) is 5.32 Å². The van der Waals surface area contributed by atoms with Crippen molar-refractivity contribution in [2.75, 3.05) is 23.4 Å².